The number of nitrogens with zero attached hydrogens (tertiary/aromatic N) is 2. The smallest absolute Gasteiger partial charge is 0.281 e. The van der Waals surface area contributed by atoms with Gasteiger partial charge in [-0.05, 0) is 55.8 Å². The van der Waals surface area contributed by atoms with E-state index in [9.17, 15) is 5.11 Å². The highest BCUT2D eigenvalue weighted by Gasteiger charge is 2.75. The standard InChI is InChI=1S/C32H29N2O2/c1-17(2)23-14-25-27(21-11-7-6-10-20(21)23)29-31(32(29,35)36-3)34-16-33-26-15-24-19-9-5-4-8-18(19)12-13-22(24)28(26)30(25)34/h4-14,16-17,26,28-29,31,35H,15H2,1-3H3/q+1. The summed E-state index contributed by atoms with van der Waals surface area (Å²) in [5.41, 5.74) is 7.92. The third-order valence-electron chi connectivity index (χ3n) is 9.20. The quantitative estimate of drug-likeness (QED) is 0.309. The van der Waals surface area contributed by atoms with Crippen LogP contribution < -0.4 is 0 Å². The van der Waals surface area contributed by atoms with Gasteiger partial charge in [-0.2, -0.15) is 0 Å². The van der Waals surface area contributed by atoms with Gasteiger partial charge in [0, 0.05) is 19.1 Å². The van der Waals surface area contributed by atoms with Crippen molar-refractivity contribution in [3.8, 4) is 0 Å². The Morgan fingerprint density at radius 2 is 1.75 bits per heavy atom. The lowest BCUT2D eigenvalue weighted by atomic mass is 9.79. The van der Waals surface area contributed by atoms with Gasteiger partial charge in [0.1, 0.15) is 5.71 Å². The molecule has 1 fully saturated rings. The Bertz CT molecular complexity index is 1680. The highest BCUT2D eigenvalue weighted by atomic mass is 16.6. The second-order valence-corrected chi connectivity index (χ2v) is 11.2. The van der Waals surface area contributed by atoms with Crippen molar-refractivity contribution in [1.82, 2.24) is 0 Å². The summed E-state index contributed by atoms with van der Waals surface area (Å²) < 4.78 is 8.06. The fourth-order valence-corrected chi connectivity index (χ4v) is 7.54. The van der Waals surface area contributed by atoms with Crippen LogP contribution in [0.4, 0.5) is 0 Å². The topological polar surface area (TPSA) is 44.8 Å². The van der Waals surface area contributed by atoms with Gasteiger partial charge in [0.15, 0.2) is 12.1 Å². The monoisotopic (exact) mass is 473 g/mol. The molecule has 178 valence electrons. The molecule has 36 heavy (non-hydrogen) atoms. The van der Waals surface area contributed by atoms with E-state index < -0.39 is 5.79 Å². The van der Waals surface area contributed by atoms with Gasteiger partial charge >= 0.3 is 0 Å². The average Bonchev–Trinajstić information content (AvgIpc) is 3.34. The summed E-state index contributed by atoms with van der Waals surface area (Å²) in [6.07, 6.45) is 2.93. The molecule has 5 unspecified atom stereocenters. The molecule has 0 amide bonds. The lowest BCUT2D eigenvalue weighted by Gasteiger charge is -2.28. The number of methoxy groups -OCH3 is 1. The van der Waals surface area contributed by atoms with Gasteiger partial charge in [0.2, 0.25) is 5.79 Å². The van der Waals surface area contributed by atoms with Crippen LogP contribution in [0.5, 0.6) is 0 Å². The van der Waals surface area contributed by atoms with Gasteiger partial charge in [-0.15, -0.1) is 0 Å². The van der Waals surface area contributed by atoms with Crippen LogP contribution in [0, 0.1) is 0 Å². The molecule has 2 heterocycles. The molecule has 4 nitrogen and oxygen atoms in total. The fraction of sp³-hybridized carbons (Fsp3) is 0.312. The SMILES string of the molecule is COC1(O)C2c3c(cc(C(C)C)c4ccccc34)C3=[N+](C=NC4Cc5c(ccc6ccccc56)C34)C21. The van der Waals surface area contributed by atoms with Gasteiger partial charge in [0.05, 0.1) is 11.8 Å². The van der Waals surface area contributed by atoms with Gasteiger partial charge in [-0.25, -0.2) is 4.58 Å². The molecule has 4 aromatic rings. The summed E-state index contributed by atoms with van der Waals surface area (Å²) in [5, 5.41) is 16.8. The van der Waals surface area contributed by atoms with Gasteiger partial charge in [-0.3, -0.25) is 0 Å². The summed E-state index contributed by atoms with van der Waals surface area (Å²) >= 11 is 0. The van der Waals surface area contributed by atoms with Crippen molar-refractivity contribution in [3.05, 3.63) is 94.5 Å². The summed E-state index contributed by atoms with van der Waals surface area (Å²) in [4.78, 5) is 5.08. The number of hydrogen-bond donors (Lipinski definition) is 1. The van der Waals surface area contributed by atoms with Crippen LogP contribution in [-0.2, 0) is 11.2 Å². The molecule has 4 aromatic carbocycles. The minimum absolute atomic E-state index is 0.104. The maximum atomic E-state index is 11.7. The first-order valence-electron chi connectivity index (χ1n) is 13.1. The number of hydrogen-bond acceptors (Lipinski definition) is 3. The van der Waals surface area contributed by atoms with E-state index in [1.165, 1.54) is 55.1 Å². The molecule has 4 aliphatic rings. The second-order valence-electron chi connectivity index (χ2n) is 11.2. The Morgan fingerprint density at radius 3 is 2.53 bits per heavy atom. The maximum Gasteiger partial charge on any atom is 0.281 e. The van der Waals surface area contributed by atoms with Crippen molar-refractivity contribution in [2.75, 3.05) is 7.11 Å². The molecule has 0 saturated heterocycles. The van der Waals surface area contributed by atoms with Gasteiger partial charge < -0.3 is 9.84 Å². The molecule has 0 spiro atoms. The number of benzene rings is 4. The van der Waals surface area contributed by atoms with Crippen LogP contribution >= 0.6 is 0 Å². The van der Waals surface area contributed by atoms with E-state index in [1.807, 2.05) is 6.34 Å². The molecule has 0 bridgehead atoms. The first-order valence-corrected chi connectivity index (χ1v) is 13.1. The lowest BCUT2D eigenvalue weighted by molar-refractivity contribution is -0.443. The molecule has 5 atom stereocenters. The summed E-state index contributed by atoms with van der Waals surface area (Å²) in [7, 11) is 1.63. The Morgan fingerprint density at radius 1 is 1.00 bits per heavy atom. The molecule has 1 N–H and O–H groups in total. The number of ether oxygens (including phenoxy) is 1. The van der Waals surface area contributed by atoms with E-state index in [0.717, 1.165) is 6.42 Å². The minimum Gasteiger partial charge on any atom is -0.362 e. The first kappa shape index (κ1) is 20.8. The van der Waals surface area contributed by atoms with E-state index in [0.29, 0.717) is 5.92 Å². The van der Waals surface area contributed by atoms with Crippen LogP contribution in [0.2, 0.25) is 0 Å². The Kier molecular flexibility index (Phi) is 3.99. The number of rotatable bonds is 2. The minimum atomic E-state index is -1.22. The average molecular weight is 474 g/mol. The third kappa shape index (κ3) is 2.42. The summed E-state index contributed by atoms with van der Waals surface area (Å²) in [6.45, 7) is 4.54. The molecule has 0 aromatic heterocycles. The van der Waals surface area contributed by atoms with E-state index in [2.05, 4.69) is 85.2 Å². The molecule has 8 rings (SSSR count). The molecule has 4 heteroatoms. The van der Waals surface area contributed by atoms with Crippen molar-refractivity contribution in [2.24, 2.45) is 4.99 Å². The van der Waals surface area contributed by atoms with Crippen molar-refractivity contribution < 1.29 is 14.4 Å². The van der Waals surface area contributed by atoms with Gasteiger partial charge in [0.25, 0.3) is 6.34 Å². The van der Waals surface area contributed by atoms with Crippen LogP contribution in [0.3, 0.4) is 0 Å². The van der Waals surface area contributed by atoms with E-state index in [4.69, 9.17) is 9.73 Å². The van der Waals surface area contributed by atoms with Crippen molar-refractivity contribution in [1.29, 1.82) is 0 Å². The normalized spacial score (nSPS) is 29.2. The zero-order valence-corrected chi connectivity index (χ0v) is 20.8. The number of aliphatic hydroxyl groups is 1. The second kappa shape index (κ2) is 6.90. The van der Waals surface area contributed by atoms with Gasteiger partial charge in [-0.1, -0.05) is 79.5 Å². The molecule has 2 aliphatic heterocycles. The Hall–Kier alpha value is -3.34. The number of aliphatic imine (C=N–C) groups is 1. The Labute approximate surface area is 210 Å². The summed E-state index contributed by atoms with van der Waals surface area (Å²) in [6, 6.07) is 24.4. The first-order chi connectivity index (χ1) is 17.5. The zero-order chi connectivity index (χ0) is 24.3. The van der Waals surface area contributed by atoms with Crippen molar-refractivity contribution in [3.63, 3.8) is 0 Å². The largest absolute Gasteiger partial charge is 0.362 e. The van der Waals surface area contributed by atoms with E-state index >= 15 is 0 Å². The third-order valence-corrected chi connectivity index (χ3v) is 9.20. The zero-order valence-electron chi connectivity index (χ0n) is 20.8. The molecular formula is C32H29N2O2+. The molecular weight excluding hydrogens is 444 g/mol. The predicted molar refractivity (Wildman–Crippen MR) is 144 cm³/mol. The van der Waals surface area contributed by atoms with Crippen LogP contribution in [-0.4, -0.2) is 46.7 Å². The lowest BCUT2D eigenvalue weighted by Crippen LogP contribution is -2.41. The van der Waals surface area contributed by atoms with E-state index in [-0.39, 0.29) is 23.9 Å². The molecule has 2 aliphatic carbocycles. The summed E-state index contributed by atoms with van der Waals surface area (Å²) in [5.74, 6) is -0.771. The van der Waals surface area contributed by atoms with E-state index in [1.54, 1.807) is 7.11 Å². The maximum absolute atomic E-state index is 11.7. The predicted octanol–water partition coefficient (Wildman–Crippen LogP) is 5.48. The Balaban J connectivity index is 1.45. The highest BCUT2D eigenvalue weighted by molar-refractivity contribution is 6.12. The van der Waals surface area contributed by atoms with Crippen LogP contribution in [0.25, 0.3) is 21.5 Å². The fourth-order valence-electron chi connectivity index (χ4n) is 7.54. The van der Waals surface area contributed by atoms with Crippen LogP contribution in [0.15, 0.2) is 71.7 Å². The van der Waals surface area contributed by atoms with Crippen molar-refractivity contribution in [2.45, 2.75) is 55.9 Å². The number of fused-ring (bicyclic) bond motifs is 13. The van der Waals surface area contributed by atoms with Crippen molar-refractivity contribution >= 4 is 33.6 Å². The molecule has 0 radical (unpaired) electrons. The highest BCUT2D eigenvalue weighted by Crippen LogP contribution is 2.60. The van der Waals surface area contributed by atoms with Crippen LogP contribution in [0.1, 0.15) is 59.4 Å². The molecule has 1 saturated carbocycles.